The van der Waals surface area contributed by atoms with Crippen LogP contribution in [0.25, 0.3) is 99.5 Å². The number of nitrogens with zero attached hydrogens (tertiary/aromatic N) is 3. The molecule has 0 radical (unpaired) electrons. The summed E-state index contributed by atoms with van der Waals surface area (Å²) >= 11 is 0. The first kappa shape index (κ1) is 31.5. The average molecular weight is 702 g/mol. The molecule has 10 aromatic rings. The molecule has 0 amide bonds. The Kier molecular flexibility index (Phi) is 6.90. The second-order valence-electron chi connectivity index (χ2n) is 15.1. The molecule has 9 aromatic carbocycles. The molecule has 0 atom stereocenters. The van der Waals surface area contributed by atoms with Gasteiger partial charge in [0.15, 0.2) is 17.5 Å². The fourth-order valence-corrected chi connectivity index (χ4v) is 9.09. The number of hydrogen-bond donors (Lipinski definition) is 0. The van der Waals surface area contributed by atoms with E-state index in [2.05, 4.69) is 172 Å². The van der Waals surface area contributed by atoms with Gasteiger partial charge in [-0.1, -0.05) is 184 Å². The van der Waals surface area contributed by atoms with Crippen LogP contribution in [-0.2, 0) is 5.41 Å². The molecule has 0 saturated carbocycles. The second kappa shape index (κ2) is 12.0. The summed E-state index contributed by atoms with van der Waals surface area (Å²) in [6.45, 7) is 4.61. The Hall–Kier alpha value is -6.97. The van der Waals surface area contributed by atoms with Crippen LogP contribution in [0.1, 0.15) is 25.0 Å². The first-order valence-corrected chi connectivity index (χ1v) is 19.0. The molecule has 0 fully saturated rings. The van der Waals surface area contributed by atoms with E-state index >= 15 is 0 Å². The molecular formula is C52H35N3. The molecule has 1 heterocycles. The third-order valence-corrected chi connectivity index (χ3v) is 11.7. The first-order valence-electron chi connectivity index (χ1n) is 19.0. The summed E-state index contributed by atoms with van der Waals surface area (Å²) in [4.78, 5) is 15.5. The summed E-state index contributed by atoms with van der Waals surface area (Å²) < 4.78 is 0. The van der Waals surface area contributed by atoms with E-state index in [1.54, 1.807) is 0 Å². The summed E-state index contributed by atoms with van der Waals surface area (Å²) in [5.74, 6) is 1.99. The highest BCUT2D eigenvalue weighted by atomic mass is 15.0. The maximum atomic E-state index is 5.23. The summed E-state index contributed by atoms with van der Waals surface area (Å²) in [6, 6.07) is 63.1. The molecule has 1 aliphatic rings. The zero-order chi connectivity index (χ0) is 36.7. The van der Waals surface area contributed by atoms with E-state index < -0.39 is 0 Å². The molecule has 258 valence electrons. The largest absolute Gasteiger partial charge is 0.208 e. The first-order chi connectivity index (χ1) is 27.0. The lowest BCUT2D eigenvalue weighted by Gasteiger charge is -2.21. The number of rotatable bonds is 4. The lowest BCUT2D eigenvalue weighted by Crippen LogP contribution is -2.14. The van der Waals surface area contributed by atoms with Crippen LogP contribution in [0.2, 0.25) is 0 Å². The molecule has 0 spiro atoms. The van der Waals surface area contributed by atoms with Gasteiger partial charge < -0.3 is 0 Å². The maximum Gasteiger partial charge on any atom is 0.164 e. The predicted octanol–water partition coefficient (Wildman–Crippen LogP) is 13.5. The van der Waals surface area contributed by atoms with Gasteiger partial charge >= 0.3 is 0 Å². The van der Waals surface area contributed by atoms with Gasteiger partial charge in [-0.2, -0.15) is 0 Å². The highest BCUT2D eigenvalue weighted by molar-refractivity contribution is 6.33. The van der Waals surface area contributed by atoms with Crippen molar-refractivity contribution in [2.24, 2.45) is 0 Å². The minimum absolute atomic E-state index is 0.123. The van der Waals surface area contributed by atoms with Crippen molar-refractivity contribution in [2.75, 3.05) is 0 Å². The number of hydrogen-bond acceptors (Lipinski definition) is 3. The van der Waals surface area contributed by atoms with E-state index in [-0.39, 0.29) is 5.41 Å². The molecule has 0 aliphatic heterocycles. The van der Waals surface area contributed by atoms with Crippen molar-refractivity contribution in [3.05, 3.63) is 187 Å². The van der Waals surface area contributed by atoms with Crippen molar-refractivity contribution in [1.82, 2.24) is 15.0 Å². The summed E-state index contributed by atoms with van der Waals surface area (Å²) in [5.41, 5.74) is 10.2. The minimum atomic E-state index is -0.123. The van der Waals surface area contributed by atoms with Crippen molar-refractivity contribution in [2.45, 2.75) is 19.3 Å². The SMILES string of the molecule is CC1(C)c2ccccc2-c2c(-c3nc(-c4ccccc4)nc(-c4ccc(-c5cc6c7ccccc7c7ccccc7c6c6ccccc56)cc4)n3)cccc21. The highest BCUT2D eigenvalue weighted by Gasteiger charge is 2.37. The van der Waals surface area contributed by atoms with E-state index in [9.17, 15) is 0 Å². The van der Waals surface area contributed by atoms with Crippen LogP contribution in [0, 0.1) is 0 Å². The normalized spacial score (nSPS) is 13.1. The Bertz CT molecular complexity index is 3160. The number of fused-ring (bicyclic) bond motifs is 11. The predicted molar refractivity (Wildman–Crippen MR) is 229 cm³/mol. The monoisotopic (exact) mass is 701 g/mol. The molecule has 1 aromatic heterocycles. The quantitative estimate of drug-likeness (QED) is 0.171. The summed E-state index contributed by atoms with van der Waals surface area (Å²) in [6.07, 6.45) is 0. The molecule has 0 saturated heterocycles. The smallest absolute Gasteiger partial charge is 0.164 e. The molecule has 0 N–H and O–H groups in total. The van der Waals surface area contributed by atoms with E-state index in [4.69, 9.17) is 15.0 Å². The Morgan fingerprint density at radius 1 is 0.327 bits per heavy atom. The molecule has 3 nitrogen and oxygen atoms in total. The average Bonchev–Trinajstić information content (AvgIpc) is 3.49. The van der Waals surface area contributed by atoms with Crippen molar-refractivity contribution in [3.8, 4) is 56.4 Å². The minimum Gasteiger partial charge on any atom is -0.208 e. The van der Waals surface area contributed by atoms with Gasteiger partial charge in [0, 0.05) is 22.1 Å². The van der Waals surface area contributed by atoms with Gasteiger partial charge in [-0.15, -0.1) is 0 Å². The van der Waals surface area contributed by atoms with Crippen LogP contribution in [0.15, 0.2) is 176 Å². The molecule has 55 heavy (non-hydrogen) atoms. The maximum absolute atomic E-state index is 5.23. The van der Waals surface area contributed by atoms with Gasteiger partial charge in [0.2, 0.25) is 0 Å². The summed E-state index contributed by atoms with van der Waals surface area (Å²) in [5, 5.41) is 10.2. The third-order valence-electron chi connectivity index (χ3n) is 11.7. The van der Waals surface area contributed by atoms with Gasteiger partial charge in [0.25, 0.3) is 0 Å². The van der Waals surface area contributed by atoms with Gasteiger partial charge in [-0.05, 0) is 82.5 Å². The van der Waals surface area contributed by atoms with Crippen LogP contribution in [0.5, 0.6) is 0 Å². The van der Waals surface area contributed by atoms with Crippen LogP contribution < -0.4 is 0 Å². The zero-order valence-electron chi connectivity index (χ0n) is 30.6. The topological polar surface area (TPSA) is 38.7 Å². The van der Waals surface area contributed by atoms with Crippen molar-refractivity contribution >= 4 is 43.1 Å². The Balaban J connectivity index is 1.09. The lowest BCUT2D eigenvalue weighted by molar-refractivity contribution is 0.660. The van der Waals surface area contributed by atoms with Gasteiger partial charge in [-0.3, -0.25) is 0 Å². The fourth-order valence-electron chi connectivity index (χ4n) is 9.09. The second-order valence-corrected chi connectivity index (χ2v) is 15.1. The van der Waals surface area contributed by atoms with E-state index in [0.717, 1.165) is 22.3 Å². The number of aromatic nitrogens is 3. The van der Waals surface area contributed by atoms with Crippen molar-refractivity contribution < 1.29 is 0 Å². The Labute approximate surface area is 319 Å². The van der Waals surface area contributed by atoms with Crippen LogP contribution >= 0.6 is 0 Å². The highest BCUT2D eigenvalue weighted by Crippen LogP contribution is 2.52. The number of benzene rings is 9. The molecular weight excluding hydrogens is 667 g/mol. The van der Waals surface area contributed by atoms with E-state index in [1.807, 2.05) is 18.2 Å². The van der Waals surface area contributed by atoms with Crippen molar-refractivity contribution in [1.29, 1.82) is 0 Å². The van der Waals surface area contributed by atoms with Gasteiger partial charge in [0.1, 0.15) is 0 Å². The molecule has 3 heteroatoms. The van der Waals surface area contributed by atoms with Gasteiger partial charge in [0.05, 0.1) is 0 Å². The van der Waals surface area contributed by atoms with Crippen molar-refractivity contribution in [3.63, 3.8) is 0 Å². The third kappa shape index (κ3) is 4.79. The van der Waals surface area contributed by atoms with E-state index in [1.165, 1.54) is 70.9 Å². The standard InChI is InChI=1S/C52H35N3/c1-52(2)45-25-13-12-23-41(45)48-42(24-14-26-46(48)52)51-54-49(33-15-4-3-5-16-33)53-50(55-51)34-29-27-32(28-30-34)43-31-44-37-19-7-6-17-35(37)36-18-8-10-21-39(36)47(44)40-22-11-9-20-38(40)43/h3-31H,1-2H3. The fraction of sp³-hybridized carbons (Fsp3) is 0.0577. The lowest BCUT2D eigenvalue weighted by atomic mass is 9.82. The Morgan fingerprint density at radius 3 is 1.51 bits per heavy atom. The van der Waals surface area contributed by atoms with Gasteiger partial charge in [-0.25, -0.2) is 15.0 Å². The van der Waals surface area contributed by atoms with Crippen LogP contribution in [-0.4, -0.2) is 15.0 Å². The zero-order valence-corrected chi connectivity index (χ0v) is 30.6. The molecule has 1 aliphatic carbocycles. The molecule has 0 bridgehead atoms. The van der Waals surface area contributed by atoms with Crippen LogP contribution in [0.4, 0.5) is 0 Å². The summed E-state index contributed by atoms with van der Waals surface area (Å²) in [7, 11) is 0. The van der Waals surface area contributed by atoms with Crippen LogP contribution in [0.3, 0.4) is 0 Å². The van der Waals surface area contributed by atoms with E-state index in [0.29, 0.717) is 17.5 Å². The molecule has 11 rings (SSSR count). The molecule has 0 unspecified atom stereocenters. The Morgan fingerprint density at radius 2 is 0.800 bits per heavy atom.